The molecule has 1 atom stereocenters. The monoisotopic (exact) mass is 461 g/mol. The summed E-state index contributed by atoms with van der Waals surface area (Å²) in [5, 5.41) is 3.71. The summed E-state index contributed by atoms with van der Waals surface area (Å²) < 4.78 is 5.12. The number of hydrogen-bond donors (Lipinski definition) is 1. The molecule has 0 radical (unpaired) electrons. The molecule has 4 nitrogen and oxygen atoms in total. The number of carbonyl (C=O) groups is 2. The van der Waals surface area contributed by atoms with Gasteiger partial charge in [-0.25, -0.2) is 4.79 Å². The van der Waals surface area contributed by atoms with E-state index in [9.17, 15) is 9.59 Å². The Labute approximate surface area is 200 Å². The molecule has 0 saturated heterocycles. The summed E-state index contributed by atoms with van der Waals surface area (Å²) in [5.41, 5.74) is 3.59. The SMILES string of the molecule is COC(=O)c1c(NC(=O)C(c2ccccc2)c2ccccc2)sc2c1CC[C@@H](C(C)(C)C)C2. The fraction of sp³-hybridized carbons (Fsp3) is 0.357. The standard InChI is InChI=1S/C28H31NO3S/c1-28(2,3)20-15-16-21-22(17-20)33-26(24(21)27(31)32-4)29-25(30)23(18-11-7-5-8-12-18)19-13-9-6-10-14-19/h5-14,20,23H,15-17H2,1-4H3,(H,29,30)/t20-/m1/s1. The average Bonchev–Trinajstić information content (AvgIpc) is 3.16. The number of anilines is 1. The Balaban J connectivity index is 1.71. The van der Waals surface area contributed by atoms with Gasteiger partial charge >= 0.3 is 5.97 Å². The zero-order valence-electron chi connectivity index (χ0n) is 19.7. The molecule has 172 valence electrons. The molecule has 0 bridgehead atoms. The Bertz CT molecular complexity index is 1090. The Hall–Kier alpha value is -2.92. The number of esters is 1. The first-order chi connectivity index (χ1) is 15.8. The first-order valence-electron chi connectivity index (χ1n) is 11.4. The molecule has 1 heterocycles. The first-order valence-corrected chi connectivity index (χ1v) is 12.2. The van der Waals surface area contributed by atoms with E-state index in [0.717, 1.165) is 36.0 Å². The van der Waals surface area contributed by atoms with Gasteiger partial charge in [0, 0.05) is 4.88 Å². The zero-order valence-corrected chi connectivity index (χ0v) is 20.5. The second-order valence-electron chi connectivity index (χ2n) is 9.75. The maximum absolute atomic E-state index is 13.7. The van der Waals surface area contributed by atoms with Gasteiger partial charge in [0.15, 0.2) is 0 Å². The van der Waals surface area contributed by atoms with Gasteiger partial charge in [0.1, 0.15) is 5.00 Å². The number of ether oxygens (including phenoxy) is 1. The van der Waals surface area contributed by atoms with Crippen LogP contribution in [0.15, 0.2) is 60.7 Å². The van der Waals surface area contributed by atoms with Crippen LogP contribution in [-0.2, 0) is 22.4 Å². The van der Waals surface area contributed by atoms with Gasteiger partial charge in [-0.1, -0.05) is 81.4 Å². The summed E-state index contributed by atoms with van der Waals surface area (Å²) in [6, 6.07) is 19.5. The van der Waals surface area contributed by atoms with Crippen molar-refractivity contribution in [3.8, 4) is 0 Å². The Morgan fingerprint density at radius 2 is 1.58 bits per heavy atom. The first kappa shape index (κ1) is 23.2. The van der Waals surface area contributed by atoms with Gasteiger partial charge in [0.05, 0.1) is 18.6 Å². The molecule has 1 aliphatic rings. The predicted molar refractivity (Wildman–Crippen MR) is 134 cm³/mol. The third kappa shape index (κ3) is 4.88. The quantitative estimate of drug-likeness (QED) is 0.444. The number of methoxy groups -OCH3 is 1. The van der Waals surface area contributed by atoms with Crippen molar-refractivity contribution in [3.63, 3.8) is 0 Å². The van der Waals surface area contributed by atoms with Crippen LogP contribution in [0.2, 0.25) is 0 Å². The topological polar surface area (TPSA) is 55.4 Å². The van der Waals surface area contributed by atoms with E-state index in [1.807, 2.05) is 60.7 Å². The fourth-order valence-corrected chi connectivity index (χ4v) is 6.02. The maximum Gasteiger partial charge on any atom is 0.341 e. The summed E-state index contributed by atoms with van der Waals surface area (Å²) in [6.45, 7) is 6.81. The Morgan fingerprint density at radius 3 is 2.09 bits per heavy atom. The molecular formula is C28H31NO3S. The lowest BCUT2D eigenvalue weighted by atomic mass is 9.72. The van der Waals surface area contributed by atoms with E-state index in [1.165, 1.54) is 23.3 Å². The van der Waals surface area contributed by atoms with Crippen LogP contribution in [-0.4, -0.2) is 19.0 Å². The number of fused-ring (bicyclic) bond motifs is 1. The van der Waals surface area contributed by atoms with E-state index in [1.54, 1.807) is 0 Å². The highest BCUT2D eigenvalue weighted by atomic mass is 32.1. The fourth-order valence-electron chi connectivity index (χ4n) is 4.70. The second-order valence-corrected chi connectivity index (χ2v) is 10.9. The third-order valence-electron chi connectivity index (χ3n) is 6.64. The van der Waals surface area contributed by atoms with Crippen molar-refractivity contribution in [2.24, 2.45) is 11.3 Å². The molecule has 0 spiro atoms. The van der Waals surface area contributed by atoms with Gasteiger partial charge in [0.25, 0.3) is 0 Å². The molecule has 0 fully saturated rings. The van der Waals surface area contributed by atoms with Gasteiger partial charge < -0.3 is 10.1 Å². The van der Waals surface area contributed by atoms with Crippen LogP contribution in [0.5, 0.6) is 0 Å². The number of amides is 1. The lowest BCUT2D eigenvalue weighted by Crippen LogP contribution is -2.26. The third-order valence-corrected chi connectivity index (χ3v) is 7.81. The molecular weight excluding hydrogens is 430 g/mol. The van der Waals surface area contributed by atoms with E-state index < -0.39 is 5.92 Å². The summed E-state index contributed by atoms with van der Waals surface area (Å²) in [5.74, 6) is -0.463. The van der Waals surface area contributed by atoms with Crippen molar-refractivity contribution in [2.45, 2.75) is 46.0 Å². The minimum absolute atomic E-state index is 0.150. The molecule has 1 aromatic heterocycles. The molecule has 5 heteroatoms. The van der Waals surface area contributed by atoms with E-state index in [2.05, 4.69) is 26.1 Å². The summed E-state index contributed by atoms with van der Waals surface area (Å²) in [6.07, 6.45) is 2.78. The van der Waals surface area contributed by atoms with Crippen LogP contribution < -0.4 is 5.32 Å². The molecule has 1 amide bonds. The molecule has 0 saturated carbocycles. The van der Waals surface area contributed by atoms with Crippen molar-refractivity contribution in [3.05, 3.63) is 87.8 Å². The van der Waals surface area contributed by atoms with Gasteiger partial charge in [-0.3, -0.25) is 4.79 Å². The Morgan fingerprint density at radius 1 is 1.00 bits per heavy atom. The number of hydrogen-bond acceptors (Lipinski definition) is 4. The molecule has 0 aliphatic heterocycles. The van der Waals surface area contributed by atoms with Crippen molar-refractivity contribution in [2.75, 3.05) is 12.4 Å². The minimum atomic E-state index is -0.473. The summed E-state index contributed by atoms with van der Waals surface area (Å²) in [7, 11) is 1.40. The van der Waals surface area contributed by atoms with Crippen LogP contribution in [0, 0.1) is 11.3 Å². The number of benzene rings is 2. The zero-order chi connectivity index (χ0) is 23.6. The van der Waals surface area contributed by atoms with Gasteiger partial charge in [-0.2, -0.15) is 0 Å². The van der Waals surface area contributed by atoms with Crippen molar-refractivity contribution < 1.29 is 14.3 Å². The minimum Gasteiger partial charge on any atom is -0.465 e. The molecule has 1 aliphatic carbocycles. The highest BCUT2D eigenvalue weighted by Gasteiger charge is 2.35. The highest BCUT2D eigenvalue weighted by molar-refractivity contribution is 7.17. The highest BCUT2D eigenvalue weighted by Crippen LogP contribution is 2.44. The number of thiophene rings is 1. The maximum atomic E-state index is 13.7. The van der Waals surface area contributed by atoms with Gasteiger partial charge in [0.2, 0.25) is 5.91 Å². The molecule has 2 aromatic carbocycles. The van der Waals surface area contributed by atoms with Gasteiger partial charge in [-0.15, -0.1) is 11.3 Å². The number of nitrogens with one attached hydrogen (secondary N) is 1. The van der Waals surface area contributed by atoms with Gasteiger partial charge in [-0.05, 0) is 47.3 Å². The lowest BCUT2D eigenvalue weighted by molar-refractivity contribution is -0.116. The molecule has 0 unspecified atom stereocenters. The molecule has 4 rings (SSSR count). The lowest BCUT2D eigenvalue weighted by Gasteiger charge is -2.33. The average molecular weight is 462 g/mol. The van der Waals surface area contributed by atoms with E-state index >= 15 is 0 Å². The van der Waals surface area contributed by atoms with Crippen LogP contribution in [0.4, 0.5) is 5.00 Å². The molecule has 1 N–H and O–H groups in total. The van der Waals surface area contributed by atoms with Crippen LogP contribution >= 0.6 is 11.3 Å². The van der Waals surface area contributed by atoms with Crippen molar-refractivity contribution >= 4 is 28.2 Å². The normalized spacial score (nSPS) is 15.7. The van der Waals surface area contributed by atoms with E-state index in [0.29, 0.717) is 16.5 Å². The summed E-state index contributed by atoms with van der Waals surface area (Å²) in [4.78, 5) is 27.6. The smallest absolute Gasteiger partial charge is 0.341 e. The number of rotatable bonds is 5. The van der Waals surface area contributed by atoms with E-state index in [4.69, 9.17) is 4.74 Å². The second kappa shape index (κ2) is 9.52. The number of carbonyl (C=O) groups excluding carboxylic acids is 2. The van der Waals surface area contributed by atoms with E-state index in [-0.39, 0.29) is 17.3 Å². The van der Waals surface area contributed by atoms with Crippen molar-refractivity contribution in [1.82, 2.24) is 0 Å². The van der Waals surface area contributed by atoms with Crippen molar-refractivity contribution in [1.29, 1.82) is 0 Å². The predicted octanol–water partition coefficient (Wildman–Crippen LogP) is 6.46. The molecule has 33 heavy (non-hydrogen) atoms. The molecule has 3 aromatic rings. The largest absolute Gasteiger partial charge is 0.465 e. The summed E-state index contributed by atoms with van der Waals surface area (Å²) >= 11 is 1.53. The van der Waals surface area contributed by atoms with Crippen LogP contribution in [0.1, 0.15) is 65.0 Å². The van der Waals surface area contributed by atoms with Crippen LogP contribution in [0.25, 0.3) is 0 Å². The Kier molecular flexibility index (Phi) is 6.71. The van der Waals surface area contributed by atoms with Crippen LogP contribution in [0.3, 0.4) is 0 Å².